The highest BCUT2D eigenvalue weighted by atomic mass is 16.5. The minimum atomic E-state index is -0.823. The van der Waals surface area contributed by atoms with E-state index in [4.69, 9.17) is 9.47 Å². The smallest absolute Gasteiger partial charge is 0.274 e. The zero-order valence-electron chi connectivity index (χ0n) is 13.5. The number of carbonyl (C=O) groups excluding carboxylic acids is 1. The Hall–Kier alpha value is -3.55. The van der Waals surface area contributed by atoms with Crippen LogP contribution >= 0.6 is 0 Å². The van der Waals surface area contributed by atoms with Crippen molar-refractivity contribution in [2.45, 2.75) is 0 Å². The summed E-state index contributed by atoms with van der Waals surface area (Å²) in [5.74, 6) is -0.777. The molecular weight excluding hydrogens is 326 g/mol. The van der Waals surface area contributed by atoms with Crippen LogP contribution in [0.25, 0.3) is 5.65 Å². The summed E-state index contributed by atoms with van der Waals surface area (Å²) in [5.41, 5.74) is -0.683. The number of benzene rings is 1. The van der Waals surface area contributed by atoms with E-state index < -0.39 is 22.9 Å². The summed E-state index contributed by atoms with van der Waals surface area (Å²) in [6, 6.07) is 9.79. The number of rotatable bonds is 4. The van der Waals surface area contributed by atoms with Crippen molar-refractivity contribution in [1.82, 2.24) is 9.38 Å². The summed E-state index contributed by atoms with van der Waals surface area (Å²) in [5, 5.41) is 12.6. The topological polar surface area (TPSA) is 102 Å². The lowest BCUT2D eigenvalue weighted by molar-refractivity contribution is 0.102. The van der Waals surface area contributed by atoms with Gasteiger partial charge in [0.05, 0.1) is 14.2 Å². The highest BCUT2D eigenvalue weighted by Crippen LogP contribution is 2.34. The van der Waals surface area contributed by atoms with E-state index in [2.05, 4.69) is 10.3 Å². The molecule has 0 unspecified atom stereocenters. The molecule has 3 aromatic rings. The van der Waals surface area contributed by atoms with Gasteiger partial charge in [0.25, 0.3) is 11.5 Å². The largest absolute Gasteiger partial charge is 0.494 e. The zero-order chi connectivity index (χ0) is 18.0. The van der Waals surface area contributed by atoms with Crippen molar-refractivity contribution in [3.63, 3.8) is 0 Å². The maximum Gasteiger partial charge on any atom is 0.274 e. The van der Waals surface area contributed by atoms with Crippen molar-refractivity contribution >= 4 is 17.2 Å². The number of hydrogen-bond acceptors (Lipinski definition) is 6. The van der Waals surface area contributed by atoms with Crippen LogP contribution in [0.5, 0.6) is 17.4 Å². The minimum Gasteiger partial charge on any atom is -0.494 e. The van der Waals surface area contributed by atoms with Crippen molar-refractivity contribution in [2.75, 3.05) is 19.5 Å². The lowest BCUT2D eigenvalue weighted by Gasteiger charge is -2.14. The number of amides is 1. The van der Waals surface area contributed by atoms with Crippen LogP contribution in [-0.2, 0) is 0 Å². The number of aromatic hydroxyl groups is 1. The second kappa shape index (κ2) is 6.52. The van der Waals surface area contributed by atoms with Gasteiger partial charge in [-0.15, -0.1) is 0 Å². The summed E-state index contributed by atoms with van der Waals surface area (Å²) in [4.78, 5) is 29.0. The normalized spacial score (nSPS) is 10.5. The molecule has 25 heavy (non-hydrogen) atoms. The number of hydrogen-bond donors (Lipinski definition) is 2. The first-order chi connectivity index (χ1) is 12.1. The van der Waals surface area contributed by atoms with Crippen molar-refractivity contribution in [3.05, 3.63) is 58.5 Å². The second-order valence-electron chi connectivity index (χ2n) is 5.04. The number of aromatic nitrogens is 2. The van der Waals surface area contributed by atoms with Gasteiger partial charge in [-0.1, -0.05) is 12.1 Å². The average Bonchev–Trinajstić information content (AvgIpc) is 2.61. The number of nitrogens with one attached hydrogen (secondary N) is 1. The van der Waals surface area contributed by atoms with E-state index in [1.54, 1.807) is 36.4 Å². The first-order valence-electron chi connectivity index (χ1n) is 7.29. The molecule has 8 heteroatoms. The third kappa shape index (κ3) is 2.85. The Bertz CT molecular complexity index is 991. The zero-order valence-corrected chi connectivity index (χ0v) is 13.5. The number of fused-ring (bicyclic) bond motifs is 1. The van der Waals surface area contributed by atoms with E-state index in [9.17, 15) is 14.7 Å². The molecule has 2 heterocycles. The summed E-state index contributed by atoms with van der Waals surface area (Å²) >= 11 is 0. The molecule has 0 fully saturated rings. The van der Waals surface area contributed by atoms with Crippen molar-refractivity contribution in [1.29, 1.82) is 0 Å². The molecule has 128 valence electrons. The Kier molecular flexibility index (Phi) is 4.25. The van der Waals surface area contributed by atoms with Gasteiger partial charge in [0.1, 0.15) is 22.8 Å². The minimum absolute atomic E-state index is 0.233. The van der Waals surface area contributed by atoms with E-state index in [1.165, 1.54) is 24.8 Å². The average molecular weight is 341 g/mol. The van der Waals surface area contributed by atoms with Crippen LogP contribution in [0.2, 0.25) is 0 Å². The van der Waals surface area contributed by atoms with E-state index in [1.807, 2.05) is 0 Å². The van der Waals surface area contributed by atoms with E-state index in [0.29, 0.717) is 11.5 Å². The molecule has 0 radical (unpaired) electrons. The first kappa shape index (κ1) is 16.3. The lowest BCUT2D eigenvalue weighted by Crippen LogP contribution is -2.27. The van der Waals surface area contributed by atoms with E-state index in [0.717, 1.165) is 0 Å². The molecule has 1 amide bonds. The van der Waals surface area contributed by atoms with Gasteiger partial charge in [0.2, 0.25) is 5.88 Å². The van der Waals surface area contributed by atoms with Crippen LogP contribution in [0.1, 0.15) is 10.4 Å². The van der Waals surface area contributed by atoms with Crippen molar-refractivity contribution in [2.24, 2.45) is 0 Å². The number of nitrogens with zero attached hydrogens (tertiary/aromatic N) is 2. The van der Waals surface area contributed by atoms with Gasteiger partial charge in [-0.05, 0) is 24.3 Å². The van der Waals surface area contributed by atoms with Gasteiger partial charge in [0, 0.05) is 6.20 Å². The maximum absolute atomic E-state index is 12.6. The quantitative estimate of drug-likeness (QED) is 0.748. The lowest BCUT2D eigenvalue weighted by atomic mass is 10.2. The predicted octanol–water partition coefficient (Wildman–Crippen LogP) is 1.67. The Balaban J connectivity index is 2.09. The number of para-hydroxylation sites is 1. The highest BCUT2D eigenvalue weighted by Gasteiger charge is 2.22. The Morgan fingerprint density at radius 3 is 2.44 bits per heavy atom. The fourth-order valence-electron chi connectivity index (χ4n) is 2.43. The van der Waals surface area contributed by atoms with Gasteiger partial charge in [-0.3, -0.25) is 14.0 Å². The fourth-order valence-corrected chi connectivity index (χ4v) is 2.43. The monoisotopic (exact) mass is 341 g/mol. The van der Waals surface area contributed by atoms with Gasteiger partial charge in [-0.2, -0.15) is 4.98 Å². The summed E-state index contributed by atoms with van der Waals surface area (Å²) < 4.78 is 11.6. The molecule has 8 nitrogen and oxygen atoms in total. The molecule has 1 aromatic carbocycles. The van der Waals surface area contributed by atoms with Crippen LogP contribution in [0, 0.1) is 0 Å². The summed E-state index contributed by atoms with van der Waals surface area (Å²) in [6.45, 7) is 0. The van der Waals surface area contributed by atoms with Crippen molar-refractivity contribution in [3.8, 4) is 17.4 Å². The molecule has 0 aliphatic carbocycles. The van der Waals surface area contributed by atoms with Gasteiger partial charge in [-0.25, -0.2) is 0 Å². The standard InChI is InChI=1S/C17H15N3O5/c1-24-10-6-5-7-11(25-2)14(10)19-16(22)13-15(21)18-12-8-3-4-9-20(12)17(13)23/h3-9,21H,1-2H3,(H,19,22). The van der Waals surface area contributed by atoms with Gasteiger partial charge < -0.3 is 19.9 Å². The molecule has 0 saturated heterocycles. The molecule has 0 aliphatic rings. The Labute approximate surface area is 142 Å². The molecular formula is C17H15N3O5. The fraction of sp³-hybridized carbons (Fsp3) is 0.118. The van der Waals surface area contributed by atoms with E-state index in [-0.39, 0.29) is 11.3 Å². The molecule has 0 atom stereocenters. The molecule has 2 aromatic heterocycles. The van der Waals surface area contributed by atoms with Crippen LogP contribution < -0.4 is 20.3 Å². The van der Waals surface area contributed by atoms with Crippen LogP contribution in [0.15, 0.2) is 47.4 Å². The molecule has 2 N–H and O–H groups in total. The Morgan fingerprint density at radius 2 is 1.80 bits per heavy atom. The van der Waals surface area contributed by atoms with Crippen molar-refractivity contribution < 1.29 is 19.4 Å². The van der Waals surface area contributed by atoms with Crippen LogP contribution in [0.4, 0.5) is 5.69 Å². The van der Waals surface area contributed by atoms with Gasteiger partial charge >= 0.3 is 0 Å². The number of carbonyl (C=O) groups is 1. The number of methoxy groups -OCH3 is 2. The third-order valence-electron chi connectivity index (χ3n) is 3.61. The number of ether oxygens (including phenoxy) is 2. The van der Waals surface area contributed by atoms with E-state index >= 15 is 0 Å². The molecule has 0 aliphatic heterocycles. The summed E-state index contributed by atoms with van der Waals surface area (Å²) in [6.07, 6.45) is 1.46. The maximum atomic E-state index is 12.6. The summed E-state index contributed by atoms with van der Waals surface area (Å²) in [7, 11) is 2.88. The number of pyridine rings is 1. The molecule has 0 bridgehead atoms. The van der Waals surface area contributed by atoms with Crippen LogP contribution in [0.3, 0.4) is 0 Å². The SMILES string of the molecule is COc1cccc(OC)c1NC(=O)c1c(O)nc2ccccn2c1=O. The molecule has 0 saturated carbocycles. The van der Waals surface area contributed by atoms with Crippen LogP contribution in [-0.4, -0.2) is 34.6 Å². The first-order valence-corrected chi connectivity index (χ1v) is 7.29. The Morgan fingerprint density at radius 1 is 1.12 bits per heavy atom. The molecule has 3 rings (SSSR count). The predicted molar refractivity (Wildman–Crippen MR) is 90.6 cm³/mol. The molecule has 0 spiro atoms. The highest BCUT2D eigenvalue weighted by molar-refractivity contribution is 6.07. The van der Waals surface area contributed by atoms with Gasteiger partial charge in [0.15, 0.2) is 5.56 Å². The third-order valence-corrected chi connectivity index (χ3v) is 3.61. The second-order valence-corrected chi connectivity index (χ2v) is 5.04. The number of anilines is 1.